The summed E-state index contributed by atoms with van der Waals surface area (Å²) in [6.45, 7) is 2.79. The van der Waals surface area contributed by atoms with Gasteiger partial charge in [-0.25, -0.2) is 15.0 Å². The summed E-state index contributed by atoms with van der Waals surface area (Å²) in [5.74, 6) is 10.2. The Bertz CT molecular complexity index is 861. The molecule has 0 spiro atoms. The van der Waals surface area contributed by atoms with E-state index in [1.165, 1.54) is 12.8 Å². The summed E-state index contributed by atoms with van der Waals surface area (Å²) < 4.78 is 0. The second-order valence-corrected chi connectivity index (χ2v) is 6.64. The van der Waals surface area contributed by atoms with Crippen molar-refractivity contribution in [2.24, 2.45) is 0 Å². The molecule has 2 atom stereocenters. The molecule has 0 bridgehead atoms. The Labute approximate surface area is 154 Å². The van der Waals surface area contributed by atoms with Crippen LogP contribution in [0.2, 0.25) is 0 Å². The number of nitrogens with zero attached hydrogens (tertiary/aromatic N) is 5. The fourth-order valence-corrected chi connectivity index (χ4v) is 3.85. The maximum absolute atomic E-state index is 5.59. The van der Waals surface area contributed by atoms with Gasteiger partial charge in [-0.05, 0) is 43.2 Å². The summed E-state index contributed by atoms with van der Waals surface area (Å²) in [7, 11) is 0. The van der Waals surface area contributed by atoms with Gasteiger partial charge in [0.1, 0.15) is 5.69 Å². The van der Waals surface area contributed by atoms with Gasteiger partial charge in [0.2, 0.25) is 0 Å². The molecule has 2 aromatic rings. The van der Waals surface area contributed by atoms with E-state index >= 15 is 0 Å². The predicted molar refractivity (Wildman–Crippen MR) is 101 cm³/mol. The minimum Gasteiger partial charge on any atom is -0.351 e. The Balaban J connectivity index is 1.49. The fraction of sp³-hybridized carbons (Fsp3) is 0.381. The van der Waals surface area contributed by atoms with Crippen molar-refractivity contribution < 1.29 is 0 Å². The number of fused-ring (bicyclic) bond motifs is 1. The van der Waals surface area contributed by atoms with Crippen molar-refractivity contribution in [3.05, 3.63) is 48.2 Å². The minimum absolute atomic E-state index is 0.298. The Kier molecular flexibility index (Phi) is 4.82. The molecule has 4 heterocycles. The van der Waals surface area contributed by atoms with Crippen molar-refractivity contribution in [3.63, 3.8) is 0 Å². The van der Waals surface area contributed by atoms with Crippen LogP contribution in [0, 0.1) is 24.2 Å². The maximum Gasteiger partial charge on any atom is 0.163 e. The summed E-state index contributed by atoms with van der Waals surface area (Å²) in [5, 5.41) is 0. The largest absolute Gasteiger partial charge is 0.351 e. The summed E-state index contributed by atoms with van der Waals surface area (Å²) in [6.07, 6.45) is 14.2. The van der Waals surface area contributed by atoms with Crippen molar-refractivity contribution in [2.45, 2.75) is 31.3 Å². The molecule has 2 aromatic heterocycles. The molecule has 5 heteroatoms. The number of anilines is 1. The molecule has 2 aliphatic rings. The first kappa shape index (κ1) is 16.6. The molecule has 0 aromatic carbocycles. The lowest BCUT2D eigenvalue weighted by atomic mass is 9.93. The van der Waals surface area contributed by atoms with Crippen LogP contribution in [0.5, 0.6) is 0 Å². The zero-order valence-corrected chi connectivity index (χ0v) is 14.7. The molecule has 2 saturated heterocycles. The molecular weight excluding hydrogens is 322 g/mol. The summed E-state index contributed by atoms with van der Waals surface area (Å²) >= 11 is 0. The van der Waals surface area contributed by atoms with Crippen LogP contribution in [-0.4, -0.2) is 51.6 Å². The molecule has 0 amide bonds. The van der Waals surface area contributed by atoms with E-state index in [2.05, 4.69) is 42.5 Å². The molecule has 2 unspecified atom stereocenters. The molecule has 2 aliphatic heterocycles. The molecule has 26 heavy (non-hydrogen) atoms. The molecule has 130 valence electrons. The summed E-state index contributed by atoms with van der Waals surface area (Å²) in [5.41, 5.74) is 1.47. The highest BCUT2D eigenvalue weighted by Gasteiger charge is 2.35. The second kappa shape index (κ2) is 7.56. The molecule has 2 fully saturated rings. The molecule has 4 rings (SSSR count). The first-order valence-electron chi connectivity index (χ1n) is 9.06. The first-order chi connectivity index (χ1) is 12.8. The number of hydrogen-bond acceptors (Lipinski definition) is 5. The van der Waals surface area contributed by atoms with Gasteiger partial charge in [0.15, 0.2) is 11.5 Å². The molecule has 5 nitrogen and oxygen atoms in total. The Hall–Kier alpha value is -2.89. The van der Waals surface area contributed by atoms with Gasteiger partial charge in [0, 0.05) is 44.3 Å². The van der Waals surface area contributed by atoms with Gasteiger partial charge in [-0.1, -0.05) is 12.0 Å². The van der Waals surface area contributed by atoms with Crippen LogP contribution < -0.4 is 4.90 Å². The summed E-state index contributed by atoms with van der Waals surface area (Å²) in [6, 6.07) is 6.63. The number of terminal acetylenes is 1. The maximum atomic E-state index is 5.59. The van der Waals surface area contributed by atoms with E-state index in [0.29, 0.717) is 17.8 Å². The number of rotatable bonds is 1. The van der Waals surface area contributed by atoms with E-state index in [-0.39, 0.29) is 0 Å². The van der Waals surface area contributed by atoms with E-state index < -0.39 is 0 Å². The topological polar surface area (TPSA) is 45.2 Å². The molecular formula is C21H21N5. The first-order valence-corrected chi connectivity index (χ1v) is 9.06. The van der Waals surface area contributed by atoms with E-state index in [9.17, 15) is 0 Å². The Morgan fingerprint density at radius 1 is 1.04 bits per heavy atom. The quantitative estimate of drug-likeness (QED) is 0.741. The molecule has 0 aliphatic carbocycles. The van der Waals surface area contributed by atoms with Gasteiger partial charge in [0.25, 0.3) is 0 Å². The third-order valence-electron chi connectivity index (χ3n) is 5.09. The van der Waals surface area contributed by atoms with Crippen molar-refractivity contribution in [1.82, 2.24) is 19.9 Å². The van der Waals surface area contributed by atoms with Crippen LogP contribution in [-0.2, 0) is 0 Å². The highest BCUT2D eigenvalue weighted by molar-refractivity contribution is 5.51. The van der Waals surface area contributed by atoms with Gasteiger partial charge in [0.05, 0.1) is 6.04 Å². The fourth-order valence-electron chi connectivity index (χ4n) is 3.85. The Morgan fingerprint density at radius 3 is 2.81 bits per heavy atom. The third kappa shape index (κ3) is 3.40. The van der Waals surface area contributed by atoms with Crippen LogP contribution in [0.1, 0.15) is 30.7 Å². The van der Waals surface area contributed by atoms with Gasteiger partial charge in [-0.3, -0.25) is 4.90 Å². The summed E-state index contributed by atoms with van der Waals surface area (Å²) in [4.78, 5) is 17.9. The number of piperidine rings is 1. The lowest BCUT2D eigenvalue weighted by Gasteiger charge is -2.47. The smallest absolute Gasteiger partial charge is 0.163 e. The standard InChI is InChI=1S/C21H21N5/c1-2-20-21(24-13-12-23-20)25-14-15-26-18(7-5-8-19(26)16-25)10-9-17-6-3-4-11-22-17/h1,3-4,6,11-13,18-19H,5,7-8,14-16H2. The zero-order valence-electron chi connectivity index (χ0n) is 14.7. The van der Waals surface area contributed by atoms with Crippen LogP contribution in [0.4, 0.5) is 5.82 Å². The number of hydrogen-bond donors (Lipinski definition) is 0. The SMILES string of the molecule is C#Cc1nccnc1N1CCN2C(C#Cc3ccccn3)CCCC2C1. The number of pyridine rings is 1. The Morgan fingerprint density at radius 2 is 1.96 bits per heavy atom. The number of aromatic nitrogens is 3. The monoisotopic (exact) mass is 343 g/mol. The van der Waals surface area contributed by atoms with Crippen molar-refractivity contribution in [3.8, 4) is 24.2 Å². The van der Waals surface area contributed by atoms with E-state index in [4.69, 9.17) is 6.42 Å². The molecule has 0 radical (unpaired) electrons. The van der Waals surface area contributed by atoms with Crippen molar-refractivity contribution >= 4 is 5.82 Å². The van der Waals surface area contributed by atoms with Gasteiger partial charge in [-0.2, -0.15) is 0 Å². The second-order valence-electron chi connectivity index (χ2n) is 6.64. The van der Waals surface area contributed by atoms with Crippen LogP contribution in [0.25, 0.3) is 0 Å². The van der Waals surface area contributed by atoms with Gasteiger partial charge < -0.3 is 4.90 Å². The van der Waals surface area contributed by atoms with Gasteiger partial charge >= 0.3 is 0 Å². The predicted octanol–water partition coefficient (Wildman–Crippen LogP) is 1.95. The van der Waals surface area contributed by atoms with E-state index in [1.54, 1.807) is 18.6 Å². The van der Waals surface area contributed by atoms with Crippen LogP contribution >= 0.6 is 0 Å². The number of piperazine rings is 1. The molecule has 0 N–H and O–H groups in total. The van der Waals surface area contributed by atoms with Crippen molar-refractivity contribution in [1.29, 1.82) is 0 Å². The van der Waals surface area contributed by atoms with E-state index in [1.807, 2.05) is 18.2 Å². The highest BCUT2D eigenvalue weighted by atomic mass is 15.3. The lowest BCUT2D eigenvalue weighted by Crippen LogP contribution is -2.58. The van der Waals surface area contributed by atoms with E-state index in [0.717, 1.165) is 37.6 Å². The lowest BCUT2D eigenvalue weighted by molar-refractivity contribution is 0.100. The van der Waals surface area contributed by atoms with Crippen LogP contribution in [0.15, 0.2) is 36.8 Å². The molecule has 0 saturated carbocycles. The third-order valence-corrected chi connectivity index (χ3v) is 5.09. The average molecular weight is 343 g/mol. The van der Waals surface area contributed by atoms with Crippen LogP contribution in [0.3, 0.4) is 0 Å². The average Bonchev–Trinajstić information content (AvgIpc) is 2.72. The van der Waals surface area contributed by atoms with Gasteiger partial charge in [-0.15, -0.1) is 6.42 Å². The minimum atomic E-state index is 0.298. The highest BCUT2D eigenvalue weighted by Crippen LogP contribution is 2.28. The normalized spacial score (nSPS) is 22.7. The zero-order chi connectivity index (χ0) is 17.8. The van der Waals surface area contributed by atoms with Crippen molar-refractivity contribution in [2.75, 3.05) is 24.5 Å².